The summed E-state index contributed by atoms with van der Waals surface area (Å²) in [6, 6.07) is 13.4. The third-order valence-electron chi connectivity index (χ3n) is 6.85. The van der Waals surface area contributed by atoms with Crippen molar-refractivity contribution in [1.82, 2.24) is 9.97 Å². The van der Waals surface area contributed by atoms with Crippen LogP contribution in [0.15, 0.2) is 53.6 Å². The minimum atomic E-state index is -4.53. The van der Waals surface area contributed by atoms with E-state index in [9.17, 15) is 18.0 Å². The van der Waals surface area contributed by atoms with E-state index in [1.165, 1.54) is 18.0 Å². The van der Waals surface area contributed by atoms with Crippen LogP contribution in [0, 0.1) is 19.3 Å². The van der Waals surface area contributed by atoms with Crippen molar-refractivity contribution in [3.05, 3.63) is 65.2 Å². The predicted molar refractivity (Wildman–Crippen MR) is 144 cm³/mol. The molecule has 10 heteroatoms. The van der Waals surface area contributed by atoms with Gasteiger partial charge in [-0.25, -0.2) is 9.97 Å². The molecular weight excluding hydrogens is 513 g/mol. The third kappa shape index (κ3) is 6.06. The lowest BCUT2D eigenvalue weighted by atomic mass is 9.80. The molecule has 0 bridgehead atoms. The van der Waals surface area contributed by atoms with Crippen LogP contribution >= 0.6 is 11.9 Å². The van der Waals surface area contributed by atoms with Crippen LogP contribution in [0.4, 0.5) is 24.8 Å². The highest BCUT2D eigenvalue weighted by Gasteiger charge is 2.38. The van der Waals surface area contributed by atoms with E-state index < -0.39 is 17.2 Å². The lowest BCUT2D eigenvalue weighted by Crippen LogP contribution is -2.43. The number of pyridine rings is 2. The molecule has 1 saturated heterocycles. The monoisotopic (exact) mass is 544 g/mol. The molecule has 1 aliphatic rings. The van der Waals surface area contributed by atoms with Crippen molar-refractivity contribution in [3.63, 3.8) is 0 Å². The zero-order valence-corrected chi connectivity index (χ0v) is 22.7. The molecule has 0 spiro atoms. The minimum Gasteiger partial charge on any atom is -0.466 e. The Bertz CT molecular complexity index is 1290. The molecule has 0 atom stereocenters. The van der Waals surface area contributed by atoms with Gasteiger partial charge in [-0.05, 0) is 75.9 Å². The zero-order chi connectivity index (χ0) is 27.5. The summed E-state index contributed by atoms with van der Waals surface area (Å²) in [4.78, 5) is 23.5. The molecule has 6 nitrogen and oxygen atoms in total. The van der Waals surface area contributed by atoms with Crippen LogP contribution in [-0.4, -0.2) is 35.6 Å². The first kappa shape index (κ1) is 27.8. The first-order valence-corrected chi connectivity index (χ1v) is 13.3. The van der Waals surface area contributed by atoms with Gasteiger partial charge in [0, 0.05) is 30.6 Å². The molecule has 38 heavy (non-hydrogen) atoms. The van der Waals surface area contributed by atoms with Gasteiger partial charge in [-0.1, -0.05) is 24.3 Å². The molecule has 0 unspecified atom stereocenters. The Balaban J connectivity index is 1.50. The Morgan fingerprint density at radius 2 is 1.71 bits per heavy atom. The van der Waals surface area contributed by atoms with Gasteiger partial charge in [0.2, 0.25) is 0 Å². The predicted octanol–water partition coefficient (Wildman–Crippen LogP) is 7.07. The van der Waals surface area contributed by atoms with Crippen molar-refractivity contribution in [1.29, 1.82) is 0 Å². The lowest BCUT2D eigenvalue weighted by Gasteiger charge is -2.38. The molecule has 1 aliphatic heterocycles. The number of aryl methyl sites for hydroxylation is 2. The average molecular weight is 545 g/mol. The molecule has 0 saturated carbocycles. The van der Waals surface area contributed by atoms with Crippen molar-refractivity contribution >= 4 is 29.6 Å². The van der Waals surface area contributed by atoms with Crippen LogP contribution in [0.1, 0.15) is 43.4 Å². The Kier molecular flexibility index (Phi) is 8.20. The van der Waals surface area contributed by atoms with Gasteiger partial charge in [0.1, 0.15) is 16.7 Å². The number of carbonyl (C=O) groups is 1. The zero-order valence-electron chi connectivity index (χ0n) is 21.9. The summed E-state index contributed by atoms with van der Waals surface area (Å²) in [6.07, 6.45) is -3.20. The molecule has 3 aromatic rings. The second kappa shape index (κ2) is 11.2. The van der Waals surface area contributed by atoms with Gasteiger partial charge in [-0.3, -0.25) is 4.79 Å². The van der Waals surface area contributed by atoms with E-state index in [0.717, 1.165) is 23.0 Å². The number of piperidine rings is 1. The number of anilines is 2. The van der Waals surface area contributed by atoms with Gasteiger partial charge < -0.3 is 14.4 Å². The largest absolute Gasteiger partial charge is 0.466 e. The summed E-state index contributed by atoms with van der Waals surface area (Å²) in [5.41, 5.74) is 0.560. The summed E-state index contributed by atoms with van der Waals surface area (Å²) in [7, 11) is 0. The summed E-state index contributed by atoms with van der Waals surface area (Å²) >= 11 is 1.18. The standard InChI is InChI=1S/C28H31F3N4O2S/c1-5-37-26(36)27(4)14-16-35(17-15-27)22-10-7-11-23(33-22)38-34-21-13-12-20(28(29,30)31)25(32-21)24-18(2)8-6-9-19(24)3/h6-13H,5,14-17H2,1-4H3,(H,32,34). The highest BCUT2D eigenvalue weighted by atomic mass is 32.2. The quantitative estimate of drug-likeness (QED) is 0.252. The summed E-state index contributed by atoms with van der Waals surface area (Å²) < 4.78 is 49.8. The fourth-order valence-corrected chi connectivity index (χ4v) is 5.21. The number of esters is 1. The van der Waals surface area contributed by atoms with Crippen LogP contribution in [-0.2, 0) is 15.7 Å². The maximum absolute atomic E-state index is 13.8. The number of hydrogen-bond donors (Lipinski definition) is 1. The van der Waals surface area contributed by atoms with E-state index in [1.807, 2.05) is 38.1 Å². The van der Waals surface area contributed by atoms with E-state index >= 15 is 0 Å². The number of alkyl halides is 3. The Labute approximate surface area is 225 Å². The van der Waals surface area contributed by atoms with Crippen molar-refractivity contribution in [2.24, 2.45) is 5.41 Å². The number of hydrogen-bond acceptors (Lipinski definition) is 7. The minimum absolute atomic E-state index is 0.0987. The second-order valence-electron chi connectivity index (χ2n) is 9.66. The highest BCUT2D eigenvalue weighted by Crippen LogP contribution is 2.39. The molecule has 4 rings (SSSR count). The Hall–Kier alpha value is -3.27. The smallest absolute Gasteiger partial charge is 0.418 e. The van der Waals surface area contributed by atoms with Crippen LogP contribution in [0.25, 0.3) is 11.3 Å². The van der Waals surface area contributed by atoms with Gasteiger partial charge in [0.15, 0.2) is 0 Å². The average Bonchev–Trinajstić information content (AvgIpc) is 2.87. The number of carbonyl (C=O) groups excluding carboxylic acids is 1. The molecule has 2 aromatic heterocycles. The first-order chi connectivity index (χ1) is 18.0. The van der Waals surface area contributed by atoms with Gasteiger partial charge in [-0.2, -0.15) is 13.2 Å². The second-order valence-corrected chi connectivity index (χ2v) is 10.5. The number of nitrogens with zero attached hydrogens (tertiary/aromatic N) is 3. The van der Waals surface area contributed by atoms with Crippen LogP contribution in [0.3, 0.4) is 0 Å². The molecule has 0 radical (unpaired) electrons. The summed E-state index contributed by atoms with van der Waals surface area (Å²) in [5, 5.41) is 0.650. The van der Waals surface area contributed by atoms with E-state index in [2.05, 4.69) is 14.6 Å². The van der Waals surface area contributed by atoms with Crippen molar-refractivity contribution in [2.45, 2.75) is 51.7 Å². The van der Waals surface area contributed by atoms with Gasteiger partial charge in [0.05, 0.1) is 23.3 Å². The molecule has 1 aromatic carbocycles. The maximum atomic E-state index is 13.8. The number of ether oxygens (including phenoxy) is 1. The number of nitrogens with one attached hydrogen (secondary N) is 1. The maximum Gasteiger partial charge on any atom is 0.418 e. The summed E-state index contributed by atoms with van der Waals surface area (Å²) in [5.74, 6) is 0.917. The molecule has 0 amide bonds. The molecule has 202 valence electrons. The van der Waals surface area contributed by atoms with Gasteiger partial charge in [0.25, 0.3) is 0 Å². The number of benzene rings is 1. The van der Waals surface area contributed by atoms with Crippen molar-refractivity contribution < 1.29 is 22.7 Å². The molecule has 1 fully saturated rings. The van der Waals surface area contributed by atoms with E-state index in [-0.39, 0.29) is 11.7 Å². The number of halogens is 3. The molecule has 3 heterocycles. The van der Waals surface area contributed by atoms with Crippen LogP contribution in [0.5, 0.6) is 0 Å². The molecule has 1 N–H and O–H groups in total. The fraction of sp³-hybridized carbons (Fsp3) is 0.393. The Morgan fingerprint density at radius 3 is 2.34 bits per heavy atom. The fourth-order valence-electron chi connectivity index (χ4n) is 4.60. The van der Waals surface area contributed by atoms with Crippen LogP contribution in [0.2, 0.25) is 0 Å². The normalized spacial score (nSPS) is 15.3. The third-order valence-corrected chi connectivity index (χ3v) is 7.59. The van der Waals surface area contributed by atoms with E-state index in [1.54, 1.807) is 26.0 Å². The highest BCUT2D eigenvalue weighted by molar-refractivity contribution is 8.00. The molecule has 0 aliphatic carbocycles. The van der Waals surface area contributed by atoms with Crippen molar-refractivity contribution in [2.75, 3.05) is 29.3 Å². The van der Waals surface area contributed by atoms with E-state index in [4.69, 9.17) is 9.72 Å². The topological polar surface area (TPSA) is 67.3 Å². The molecular formula is C28H31F3N4O2S. The SMILES string of the molecule is CCOC(=O)C1(C)CCN(c2cccc(SNc3ccc(C(F)(F)F)c(-c4c(C)cccc4C)n3)n2)CC1. The van der Waals surface area contributed by atoms with Crippen molar-refractivity contribution in [3.8, 4) is 11.3 Å². The lowest BCUT2D eigenvalue weighted by molar-refractivity contribution is -0.155. The Morgan fingerprint density at radius 1 is 1.05 bits per heavy atom. The van der Waals surface area contributed by atoms with Crippen LogP contribution < -0.4 is 9.62 Å². The number of rotatable bonds is 7. The summed E-state index contributed by atoms with van der Waals surface area (Å²) in [6.45, 7) is 9.02. The van der Waals surface area contributed by atoms with Gasteiger partial charge >= 0.3 is 12.1 Å². The van der Waals surface area contributed by atoms with Gasteiger partial charge in [-0.15, -0.1) is 0 Å². The van der Waals surface area contributed by atoms with E-state index in [0.29, 0.717) is 48.9 Å². The number of aromatic nitrogens is 2. The first-order valence-electron chi connectivity index (χ1n) is 12.5.